The summed E-state index contributed by atoms with van der Waals surface area (Å²) in [6, 6.07) is 0. The first-order valence-corrected chi connectivity index (χ1v) is 34.3. The van der Waals surface area contributed by atoms with E-state index in [1.807, 2.05) is 0 Å². The lowest BCUT2D eigenvalue weighted by molar-refractivity contribution is -0.167. The van der Waals surface area contributed by atoms with Crippen LogP contribution in [0, 0.1) is 0 Å². The number of esters is 3. The van der Waals surface area contributed by atoms with Crippen molar-refractivity contribution < 1.29 is 28.6 Å². The first-order valence-electron chi connectivity index (χ1n) is 34.3. The summed E-state index contributed by atoms with van der Waals surface area (Å²) in [5.74, 6) is -0.864. The van der Waals surface area contributed by atoms with E-state index in [0.29, 0.717) is 19.3 Å². The lowest BCUT2D eigenvalue weighted by Crippen LogP contribution is -2.30. The Morgan fingerprint density at radius 1 is 0.250 bits per heavy atom. The van der Waals surface area contributed by atoms with E-state index in [4.69, 9.17) is 14.2 Å². The fraction of sp³-hybridized carbons (Fsp3) is 0.900. The standard InChI is InChI=1S/C70H132O6/c1-4-7-10-13-16-19-22-25-28-29-30-31-32-33-34-35-36-37-38-39-40-41-42-43-46-48-51-54-57-60-63-69(72)75-66-67(76-70(73)64-61-58-55-52-49-45-27-24-21-18-15-12-9-6-3)65-74-68(71)62-59-56-53-50-47-44-26-23-20-17-14-11-8-5-2/h23-24,26-27,67H,4-22,25,28-66H2,1-3H3/b26-23-,27-24-. The SMILES string of the molecule is CCCCCCC/C=C\CCCCCCCC(=O)OCC(COC(=O)CCCCCCCCCCCCCCCCCCCCCCCCCCCCCCCC)OC(=O)CCCCCCC/C=C\CCCCCCC. The number of hydrogen-bond donors (Lipinski definition) is 0. The smallest absolute Gasteiger partial charge is 0.306 e. The third-order valence-electron chi connectivity index (χ3n) is 15.7. The van der Waals surface area contributed by atoms with Crippen molar-refractivity contribution in [2.45, 2.75) is 393 Å². The third-order valence-corrected chi connectivity index (χ3v) is 15.7. The fourth-order valence-electron chi connectivity index (χ4n) is 10.5. The van der Waals surface area contributed by atoms with Crippen LogP contribution in [0.5, 0.6) is 0 Å². The van der Waals surface area contributed by atoms with Crippen LogP contribution in [0.2, 0.25) is 0 Å². The lowest BCUT2D eigenvalue weighted by atomic mass is 10.0. The predicted molar refractivity (Wildman–Crippen MR) is 330 cm³/mol. The number of rotatable bonds is 64. The van der Waals surface area contributed by atoms with Crippen LogP contribution in [0.3, 0.4) is 0 Å². The van der Waals surface area contributed by atoms with Crippen molar-refractivity contribution >= 4 is 17.9 Å². The molecule has 6 nitrogen and oxygen atoms in total. The number of ether oxygens (including phenoxy) is 3. The van der Waals surface area contributed by atoms with E-state index < -0.39 is 6.10 Å². The zero-order valence-corrected chi connectivity index (χ0v) is 51.6. The molecule has 0 aromatic heterocycles. The van der Waals surface area contributed by atoms with Crippen molar-refractivity contribution in [3.8, 4) is 0 Å². The Balaban J connectivity index is 4.12. The Labute approximate surface area is 474 Å². The van der Waals surface area contributed by atoms with Crippen LogP contribution in [-0.4, -0.2) is 37.2 Å². The second kappa shape index (κ2) is 65.4. The van der Waals surface area contributed by atoms with Gasteiger partial charge in [-0.25, -0.2) is 0 Å². The molecule has 0 amide bonds. The highest BCUT2D eigenvalue weighted by Crippen LogP contribution is 2.18. The van der Waals surface area contributed by atoms with Gasteiger partial charge in [-0.05, 0) is 70.6 Å². The molecule has 0 heterocycles. The van der Waals surface area contributed by atoms with Crippen molar-refractivity contribution in [3.05, 3.63) is 24.3 Å². The maximum atomic E-state index is 12.9. The van der Waals surface area contributed by atoms with Crippen LogP contribution < -0.4 is 0 Å². The van der Waals surface area contributed by atoms with Gasteiger partial charge in [0.25, 0.3) is 0 Å². The van der Waals surface area contributed by atoms with E-state index in [2.05, 4.69) is 45.1 Å². The quantitative estimate of drug-likeness (QED) is 0.0261. The van der Waals surface area contributed by atoms with Crippen LogP contribution in [0.1, 0.15) is 387 Å². The predicted octanol–water partition coefficient (Wildman–Crippen LogP) is 23.4. The van der Waals surface area contributed by atoms with Crippen molar-refractivity contribution in [2.24, 2.45) is 0 Å². The Morgan fingerprint density at radius 3 is 0.658 bits per heavy atom. The monoisotopic (exact) mass is 1070 g/mol. The zero-order valence-electron chi connectivity index (χ0n) is 51.6. The average Bonchev–Trinajstić information content (AvgIpc) is 3.42. The Kier molecular flexibility index (Phi) is 63.6. The molecular formula is C70H132O6. The summed E-state index contributed by atoms with van der Waals surface area (Å²) in [7, 11) is 0. The molecule has 0 aliphatic heterocycles. The Bertz CT molecular complexity index is 1230. The number of unbranched alkanes of at least 4 members (excludes halogenated alkanes) is 49. The molecule has 1 atom stereocenters. The number of hydrogen-bond acceptors (Lipinski definition) is 6. The maximum absolute atomic E-state index is 12.9. The van der Waals surface area contributed by atoms with Gasteiger partial charge >= 0.3 is 17.9 Å². The average molecular weight is 1070 g/mol. The van der Waals surface area contributed by atoms with E-state index in [-0.39, 0.29) is 31.1 Å². The minimum Gasteiger partial charge on any atom is -0.462 e. The van der Waals surface area contributed by atoms with E-state index in [1.54, 1.807) is 0 Å². The summed E-state index contributed by atoms with van der Waals surface area (Å²) in [4.78, 5) is 38.3. The summed E-state index contributed by atoms with van der Waals surface area (Å²) in [5, 5.41) is 0. The molecule has 0 saturated carbocycles. The van der Waals surface area contributed by atoms with Gasteiger partial charge in [-0.15, -0.1) is 0 Å². The van der Waals surface area contributed by atoms with E-state index in [9.17, 15) is 14.4 Å². The highest BCUT2D eigenvalue weighted by Gasteiger charge is 2.19. The highest BCUT2D eigenvalue weighted by atomic mass is 16.6. The number of allylic oxidation sites excluding steroid dienone is 4. The zero-order chi connectivity index (χ0) is 55.0. The van der Waals surface area contributed by atoms with Gasteiger partial charge in [-0.3, -0.25) is 14.4 Å². The summed E-state index contributed by atoms with van der Waals surface area (Å²) in [6.07, 6.45) is 79.3. The minimum absolute atomic E-state index is 0.0724. The normalized spacial score (nSPS) is 12.1. The molecule has 0 N–H and O–H groups in total. The van der Waals surface area contributed by atoms with Gasteiger partial charge in [0.2, 0.25) is 0 Å². The van der Waals surface area contributed by atoms with Gasteiger partial charge in [0.1, 0.15) is 13.2 Å². The largest absolute Gasteiger partial charge is 0.462 e. The third kappa shape index (κ3) is 62.7. The Morgan fingerprint density at radius 2 is 0.434 bits per heavy atom. The molecule has 0 radical (unpaired) electrons. The molecule has 0 bridgehead atoms. The van der Waals surface area contributed by atoms with Gasteiger partial charge in [-0.2, -0.15) is 0 Å². The molecule has 0 aromatic carbocycles. The molecule has 448 valence electrons. The van der Waals surface area contributed by atoms with Gasteiger partial charge in [0.15, 0.2) is 6.10 Å². The second-order valence-electron chi connectivity index (χ2n) is 23.4. The molecule has 0 aliphatic carbocycles. The molecule has 0 spiro atoms. The molecule has 0 aliphatic rings. The first-order chi connectivity index (χ1) is 37.5. The molecule has 0 rings (SSSR count). The molecule has 6 heteroatoms. The van der Waals surface area contributed by atoms with E-state index in [1.165, 1.54) is 276 Å². The topological polar surface area (TPSA) is 78.9 Å². The lowest BCUT2D eigenvalue weighted by Gasteiger charge is -2.18. The van der Waals surface area contributed by atoms with Crippen LogP contribution in [0.25, 0.3) is 0 Å². The second-order valence-corrected chi connectivity index (χ2v) is 23.4. The van der Waals surface area contributed by atoms with Crippen LogP contribution in [0.15, 0.2) is 24.3 Å². The van der Waals surface area contributed by atoms with Crippen molar-refractivity contribution in [1.29, 1.82) is 0 Å². The summed E-state index contributed by atoms with van der Waals surface area (Å²) in [5.41, 5.74) is 0. The van der Waals surface area contributed by atoms with E-state index >= 15 is 0 Å². The highest BCUT2D eigenvalue weighted by molar-refractivity contribution is 5.71. The molecular weight excluding hydrogens is 937 g/mol. The summed E-state index contributed by atoms with van der Waals surface area (Å²) < 4.78 is 16.9. The molecule has 0 saturated heterocycles. The molecule has 1 unspecified atom stereocenters. The molecule has 76 heavy (non-hydrogen) atoms. The first kappa shape index (κ1) is 73.9. The number of carbonyl (C=O) groups excluding carboxylic acids is 3. The minimum atomic E-state index is -0.776. The summed E-state index contributed by atoms with van der Waals surface area (Å²) >= 11 is 0. The van der Waals surface area contributed by atoms with Gasteiger partial charge in [-0.1, -0.05) is 321 Å². The van der Waals surface area contributed by atoms with Crippen LogP contribution in [0.4, 0.5) is 0 Å². The maximum Gasteiger partial charge on any atom is 0.306 e. The summed E-state index contributed by atoms with van der Waals surface area (Å²) in [6.45, 7) is 6.67. The van der Waals surface area contributed by atoms with E-state index in [0.717, 1.165) is 70.6 Å². The van der Waals surface area contributed by atoms with Crippen LogP contribution >= 0.6 is 0 Å². The molecule has 0 fully saturated rings. The van der Waals surface area contributed by atoms with Crippen molar-refractivity contribution in [1.82, 2.24) is 0 Å². The fourth-order valence-corrected chi connectivity index (χ4v) is 10.5. The van der Waals surface area contributed by atoms with Crippen molar-refractivity contribution in [2.75, 3.05) is 13.2 Å². The van der Waals surface area contributed by atoms with Crippen molar-refractivity contribution in [3.63, 3.8) is 0 Å². The number of carbonyl (C=O) groups is 3. The van der Waals surface area contributed by atoms with Crippen LogP contribution in [-0.2, 0) is 28.6 Å². The molecule has 0 aromatic rings. The van der Waals surface area contributed by atoms with Gasteiger partial charge < -0.3 is 14.2 Å². The van der Waals surface area contributed by atoms with Gasteiger partial charge in [0.05, 0.1) is 0 Å². The van der Waals surface area contributed by atoms with Gasteiger partial charge in [0, 0.05) is 19.3 Å². The Hall–Kier alpha value is -2.11.